The summed E-state index contributed by atoms with van der Waals surface area (Å²) in [4.78, 5) is 23.0. The number of hydrogen-bond acceptors (Lipinski definition) is 5. The second-order valence-electron chi connectivity index (χ2n) is 4.90. The molecule has 5 heteroatoms. The lowest BCUT2D eigenvalue weighted by Crippen LogP contribution is -2.14. The third-order valence-corrected chi connectivity index (χ3v) is 3.50. The minimum atomic E-state index is -0.513. The smallest absolute Gasteiger partial charge is 0.334 e. The lowest BCUT2D eigenvalue weighted by atomic mass is 10.1. The predicted molar refractivity (Wildman–Crippen MR) is 87.4 cm³/mol. The van der Waals surface area contributed by atoms with Gasteiger partial charge in [-0.15, -0.1) is 0 Å². The summed E-state index contributed by atoms with van der Waals surface area (Å²) in [5, 5.41) is 0. The maximum Gasteiger partial charge on any atom is 0.334 e. The lowest BCUT2D eigenvalue weighted by Gasteiger charge is -2.07. The maximum atomic E-state index is 11.5. The fourth-order valence-electron chi connectivity index (χ4n) is 1.69. The number of esters is 2. The highest BCUT2D eigenvalue weighted by atomic mass is 32.2. The van der Waals surface area contributed by atoms with Gasteiger partial charge in [-0.1, -0.05) is 45.6 Å². The van der Waals surface area contributed by atoms with E-state index in [-0.39, 0.29) is 12.0 Å². The number of ether oxygens (including phenoxy) is 2. The molecule has 0 N–H and O–H groups in total. The van der Waals surface area contributed by atoms with E-state index in [1.807, 2.05) is 6.26 Å². The first kappa shape index (κ1) is 20.0. The summed E-state index contributed by atoms with van der Waals surface area (Å²) in [7, 11) is 0. The highest BCUT2D eigenvalue weighted by Gasteiger charge is 2.13. The molecule has 0 aromatic carbocycles. The van der Waals surface area contributed by atoms with E-state index in [2.05, 4.69) is 13.5 Å². The second-order valence-corrected chi connectivity index (χ2v) is 5.88. The molecule has 0 aliphatic rings. The Morgan fingerprint density at radius 2 is 1.67 bits per heavy atom. The highest BCUT2D eigenvalue weighted by molar-refractivity contribution is 7.98. The van der Waals surface area contributed by atoms with Crippen molar-refractivity contribution in [2.75, 3.05) is 25.2 Å². The van der Waals surface area contributed by atoms with Crippen LogP contribution < -0.4 is 0 Å². The van der Waals surface area contributed by atoms with Crippen LogP contribution in [0.2, 0.25) is 0 Å². The van der Waals surface area contributed by atoms with Crippen LogP contribution in [0.25, 0.3) is 0 Å². The van der Waals surface area contributed by atoms with Gasteiger partial charge < -0.3 is 9.47 Å². The van der Waals surface area contributed by atoms with Crippen molar-refractivity contribution < 1.29 is 19.1 Å². The van der Waals surface area contributed by atoms with E-state index in [9.17, 15) is 9.59 Å². The summed E-state index contributed by atoms with van der Waals surface area (Å²) in [6.45, 7) is 6.51. The third kappa shape index (κ3) is 12.5. The van der Waals surface area contributed by atoms with E-state index >= 15 is 0 Å². The summed E-state index contributed by atoms with van der Waals surface area (Å²) in [6.07, 6.45) is 8.70. The summed E-state index contributed by atoms with van der Waals surface area (Å²) < 4.78 is 10.0. The first-order chi connectivity index (χ1) is 10.1. The normalized spacial score (nSPS) is 10.2. The molecule has 0 atom stereocenters. The minimum Gasteiger partial charge on any atom is -0.465 e. The summed E-state index contributed by atoms with van der Waals surface area (Å²) >= 11 is 1.59. The van der Waals surface area contributed by atoms with Gasteiger partial charge in [0.05, 0.1) is 13.0 Å². The topological polar surface area (TPSA) is 52.6 Å². The average Bonchev–Trinajstić information content (AvgIpc) is 2.46. The molecule has 0 rings (SSSR count). The van der Waals surface area contributed by atoms with Gasteiger partial charge >= 0.3 is 11.9 Å². The van der Waals surface area contributed by atoms with E-state index in [1.54, 1.807) is 11.8 Å². The molecule has 122 valence electrons. The van der Waals surface area contributed by atoms with Crippen molar-refractivity contribution in [3.8, 4) is 0 Å². The van der Waals surface area contributed by atoms with Gasteiger partial charge in [0.2, 0.25) is 0 Å². The van der Waals surface area contributed by atoms with Crippen LogP contribution in [0.1, 0.15) is 51.9 Å². The molecule has 4 nitrogen and oxygen atoms in total. The van der Waals surface area contributed by atoms with Crippen molar-refractivity contribution in [1.29, 1.82) is 0 Å². The monoisotopic (exact) mass is 316 g/mol. The molecule has 0 aromatic heterocycles. The minimum absolute atomic E-state index is 0.0893. The molecule has 0 unspecified atom stereocenters. The van der Waals surface area contributed by atoms with Gasteiger partial charge in [0, 0.05) is 11.3 Å². The Balaban J connectivity index is 3.59. The van der Waals surface area contributed by atoms with Crippen LogP contribution in [0.4, 0.5) is 0 Å². The molecular weight excluding hydrogens is 288 g/mol. The predicted octanol–water partition coefficient (Wildman–Crippen LogP) is 3.74. The summed E-state index contributed by atoms with van der Waals surface area (Å²) in [5.74, 6) is -0.183. The van der Waals surface area contributed by atoms with Crippen molar-refractivity contribution in [1.82, 2.24) is 0 Å². The van der Waals surface area contributed by atoms with Crippen LogP contribution in [0.3, 0.4) is 0 Å². The molecule has 21 heavy (non-hydrogen) atoms. The molecule has 0 aliphatic carbocycles. The zero-order valence-corrected chi connectivity index (χ0v) is 14.1. The highest BCUT2D eigenvalue weighted by Crippen LogP contribution is 2.07. The Morgan fingerprint density at radius 3 is 2.33 bits per heavy atom. The molecular formula is C16H28O4S. The molecule has 0 spiro atoms. The molecule has 0 saturated heterocycles. The second kappa shape index (κ2) is 14.0. The van der Waals surface area contributed by atoms with E-state index in [4.69, 9.17) is 9.47 Å². The Hall–Kier alpha value is -0.970. The maximum absolute atomic E-state index is 11.5. The molecule has 0 fully saturated rings. The number of hydrogen-bond donors (Lipinski definition) is 0. The van der Waals surface area contributed by atoms with Crippen LogP contribution in [-0.4, -0.2) is 37.2 Å². The standard InChI is InChI=1S/C16H28O4S/c1-4-5-6-7-8-9-10-19-15(17)13-14(2)16(18)20-11-12-21-3/h2,4-13H2,1,3H3. The Morgan fingerprint density at radius 1 is 1.00 bits per heavy atom. The van der Waals surface area contributed by atoms with Crippen molar-refractivity contribution in [2.45, 2.75) is 51.9 Å². The number of carbonyl (C=O) groups excluding carboxylic acids is 2. The van der Waals surface area contributed by atoms with Gasteiger partial charge in [-0.25, -0.2) is 4.79 Å². The number of thioether (sulfide) groups is 1. The van der Waals surface area contributed by atoms with E-state index in [0.717, 1.165) is 18.6 Å². The fraction of sp³-hybridized carbons (Fsp3) is 0.750. The first-order valence-electron chi connectivity index (χ1n) is 7.61. The SMILES string of the molecule is C=C(CC(=O)OCCCCCCCC)C(=O)OCCSC. The van der Waals surface area contributed by atoms with Gasteiger partial charge in [-0.2, -0.15) is 11.8 Å². The van der Waals surface area contributed by atoms with Crippen molar-refractivity contribution in [2.24, 2.45) is 0 Å². The molecule has 0 aliphatic heterocycles. The van der Waals surface area contributed by atoms with Crippen LogP contribution >= 0.6 is 11.8 Å². The molecule has 0 bridgehead atoms. The summed E-state index contributed by atoms with van der Waals surface area (Å²) in [6, 6.07) is 0. The number of unbranched alkanes of at least 4 members (excludes halogenated alkanes) is 5. The van der Waals surface area contributed by atoms with Gasteiger partial charge in [0.1, 0.15) is 6.61 Å². The lowest BCUT2D eigenvalue weighted by molar-refractivity contribution is -0.146. The quantitative estimate of drug-likeness (QED) is 0.294. The van der Waals surface area contributed by atoms with Crippen LogP contribution in [-0.2, 0) is 19.1 Å². The number of rotatable bonds is 13. The van der Waals surface area contributed by atoms with Gasteiger partial charge in [-0.3, -0.25) is 4.79 Å². The van der Waals surface area contributed by atoms with Gasteiger partial charge in [0.25, 0.3) is 0 Å². The third-order valence-electron chi connectivity index (χ3n) is 2.93. The Kier molecular flexibility index (Phi) is 13.3. The Bertz CT molecular complexity index is 315. The van der Waals surface area contributed by atoms with Gasteiger partial charge in [0.15, 0.2) is 0 Å². The largest absolute Gasteiger partial charge is 0.465 e. The van der Waals surface area contributed by atoms with Crippen molar-refractivity contribution in [3.05, 3.63) is 12.2 Å². The molecule has 0 saturated carbocycles. The Labute approximate surface area is 132 Å². The first-order valence-corrected chi connectivity index (χ1v) is 9.00. The number of carbonyl (C=O) groups is 2. The van der Waals surface area contributed by atoms with Gasteiger partial charge in [-0.05, 0) is 12.7 Å². The molecule has 0 heterocycles. The van der Waals surface area contributed by atoms with E-state index in [1.165, 1.54) is 25.7 Å². The molecule has 0 radical (unpaired) electrons. The van der Waals surface area contributed by atoms with Crippen molar-refractivity contribution in [3.63, 3.8) is 0 Å². The fourth-order valence-corrected chi connectivity index (χ4v) is 1.94. The molecule has 0 amide bonds. The summed E-state index contributed by atoms with van der Waals surface area (Å²) in [5.41, 5.74) is 0.157. The van der Waals surface area contributed by atoms with E-state index < -0.39 is 11.9 Å². The van der Waals surface area contributed by atoms with Crippen molar-refractivity contribution >= 4 is 23.7 Å². The van der Waals surface area contributed by atoms with Crippen LogP contribution in [0.15, 0.2) is 12.2 Å². The molecule has 0 aromatic rings. The zero-order valence-electron chi connectivity index (χ0n) is 13.3. The average molecular weight is 316 g/mol. The van der Waals surface area contributed by atoms with Crippen LogP contribution in [0.5, 0.6) is 0 Å². The van der Waals surface area contributed by atoms with Crippen LogP contribution in [0, 0.1) is 0 Å². The van der Waals surface area contributed by atoms with E-state index in [0.29, 0.717) is 13.2 Å². The zero-order chi connectivity index (χ0) is 15.9.